The molecule has 118 valence electrons. The zero-order valence-electron chi connectivity index (χ0n) is 12.3. The van der Waals surface area contributed by atoms with Crippen molar-refractivity contribution in [3.63, 3.8) is 0 Å². The third-order valence-electron chi connectivity index (χ3n) is 3.11. The maximum atomic E-state index is 10.6. The van der Waals surface area contributed by atoms with Crippen LogP contribution in [0.25, 0.3) is 0 Å². The molecule has 0 heterocycles. The van der Waals surface area contributed by atoms with E-state index in [4.69, 9.17) is 21.1 Å². The summed E-state index contributed by atoms with van der Waals surface area (Å²) < 4.78 is 10.2. The van der Waals surface area contributed by atoms with Crippen molar-refractivity contribution in [3.8, 4) is 0 Å². The smallest absolute Gasteiger partial charge is 0.269 e. The normalized spacial score (nSPS) is 12.6. The second kappa shape index (κ2) is 9.68. The highest BCUT2D eigenvalue weighted by atomic mass is 35.5. The van der Waals surface area contributed by atoms with Gasteiger partial charge in [-0.15, -0.1) is 11.6 Å². The maximum Gasteiger partial charge on any atom is 0.269 e. The molecule has 0 amide bonds. The van der Waals surface area contributed by atoms with Crippen molar-refractivity contribution >= 4 is 17.3 Å². The van der Waals surface area contributed by atoms with Gasteiger partial charge in [-0.05, 0) is 5.56 Å². The number of nitro benzene ring substituents is 1. The molecule has 0 bridgehead atoms. The van der Waals surface area contributed by atoms with E-state index in [1.807, 2.05) is 0 Å². The maximum absolute atomic E-state index is 10.6. The Balaban J connectivity index is 2.61. The number of nitrogens with zero attached hydrogens (tertiary/aromatic N) is 2. The minimum Gasteiger partial charge on any atom is -0.383 e. The van der Waals surface area contributed by atoms with E-state index < -0.39 is 4.92 Å². The number of benzene rings is 1. The fourth-order valence-electron chi connectivity index (χ4n) is 1.87. The summed E-state index contributed by atoms with van der Waals surface area (Å²) in [6, 6.07) is 6.33. The van der Waals surface area contributed by atoms with Gasteiger partial charge >= 0.3 is 0 Å². The van der Waals surface area contributed by atoms with Crippen LogP contribution in [0.4, 0.5) is 5.69 Å². The van der Waals surface area contributed by atoms with Crippen LogP contribution in [-0.2, 0) is 9.47 Å². The molecule has 0 saturated heterocycles. The third kappa shape index (κ3) is 6.39. The molecule has 0 radical (unpaired) electrons. The van der Waals surface area contributed by atoms with Crippen LogP contribution >= 0.6 is 11.6 Å². The van der Waals surface area contributed by atoms with E-state index in [0.29, 0.717) is 19.8 Å². The predicted octanol–water partition coefficient (Wildman–Crippen LogP) is 2.47. The minimum absolute atomic E-state index is 0.0678. The molecule has 1 aromatic rings. The summed E-state index contributed by atoms with van der Waals surface area (Å²) in [6.07, 6.45) is 0. The number of hydrogen-bond donors (Lipinski definition) is 0. The van der Waals surface area contributed by atoms with Crippen LogP contribution in [0.2, 0.25) is 0 Å². The molecule has 21 heavy (non-hydrogen) atoms. The van der Waals surface area contributed by atoms with Crippen molar-refractivity contribution in [2.75, 3.05) is 47.1 Å². The lowest BCUT2D eigenvalue weighted by molar-refractivity contribution is -0.384. The number of ether oxygens (including phenoxy) is 2. The van der Waals surface area contributed by atoms with Crippen molar-refractivity contribution in [1.29, 1.82) is 0 Å². The quantitative estimate of drug-likeness (QED) is 0.377. The van der Waals surface area contributed by atoms with E-state index in [9.17, 15) is 10.1 Å². The Kier molecular flexibility index (Phi) is 8.22. The van der Waals surface area contributed by atoms with E-state index in [1.54, 1.807) is 26.4 Å². The first-order valence-corrected chi connectivity index (χ1v) is 7.10. The summed E-state index contributed by atoms with van der Waals surface area (Å²) in [6.45, 7) is 3.39. The molecule has 1 aromatic carbocycles. The highest BCUT2D eigenvalue weighted by Gasteiger charge is 2.15. The lowest BCUT2D eigenvalue weighted by Crippen LogP contribution is -2.33. The van der Waals surface area contributed by atoms with Crippen molar-refractivity contribution < 1.29 is 14.4 Å². The Labute approximate surface area is 129 Å². The van der Waals surface area contributed by atoms with Gasteiger partial charge in [0.25, 0.3) is 5.69 Å². The van der Waals surface area contributed by atoms with Crippen LogP contribution in [0.1, 0.15) is 10.9 Å². The first-order valence-electron chi connectivity index (χ1n) is 6.67. The van der Waals surface area contributed by atoms with Gasteiger partial charge in [-0.25, -0.2) is 0 Å². The summed E-state index contributed by atoms with van der Waals surface area (Å²) in [4.78, 5) is 12.4. The first-order chi connectivity index (χ1) is 10.1. The Bertz CT molecular complexity index is 419. The second-order valence-electron chi connectivity index (χ2n) is 4.60. The Morgan fingerprint density at radius 1 is 1.19 bits per heavy atom. The van der Waals surface area contributed by atoms with Gasteiger partial charge in [0, 0.05) is 46.0 Å². The molecule has 0 aliphatic rings. The minimum atomic E-state index is -0.420. The summed E-state index contributed by atoms with van der Waals surface area (Å²) in [5.74, 6) is 0. The fraction of sp³-hybridized carbons (Fsp3) is 0.571. The van der Waals surface area contributed by atoms with Gasteiger partial charge in [-0.2, -0.15) is 0 Å². The fourth-order valence-corrected chi connectivity index (χ4v) is 2.21. The van der Waals surface area contributed by atoms with E-state index in [0.717, 1.165) is 18.7 Å². The molecule has 0 fully saturated rings. The molecule has 0 N–H and O–H groups in total. The van der Waals surface area contributed by atoms with Crippen LogP contribution in [-0.4, -0.2) is 56.9 Å². The zero-order chi connectivity index (χ0) is 15.7. The van der Waals surface area contributed by atoms with Gasteiger partial charge in [0.2, 0.25) is 0 Å². The average Bonchev–Trinajstić information content (AvgIpc) is 2.49. The molecule has 1 unspecified atom stereocenters. The number of nitro groups is 1. The Morgan fingerprint density at radius 3 is 2.14 bits per heavy atom. The number of hydrogen-bond acceptors (Lipinski definition) is 5. The number of rotatable bonds is 10. The van der Waals surface area contributed by atoms with Crippen molar-refractivity contribution in [3.05, 3.63) is 39.9 Å². The van der Waals surface area contributed by atoms with Crippen molar-refractivity contribution in [2.45, 2.75) is 5.38 Å². The van der Waals surface area contributed by atoms with E-state index in [2.05, 4.69) is 4.90 Å². The summed E-state index contributed by atoms with van der Waals surface area (Å²) in [7, 11) is 3.31. The molecule has 1 atom stereocenters. The van der Waals surface area contributed by atoms with Gasteiger partial charge in [0.15, 0.2) is 0 Å². The highest BCUT2D eigenvalue weighted by Crippen LogP contribution is 2.23. The first kappa shape index (κ1) is 17.8. The molecule has 0 aromatic heterocycles. The van der Waals surface area contributed by atoms with Crippen LogP contribution in [0, 0.1) is 10.1 Å². The molecule has 0 saturated carbocycles. The predicted molar refractivity (Wildman–Crippen MR) is 81.9 cm³/mol. The van der Waals surface area contributed by atoms with E-state index >= 15 is 0 Å². The van der Waals surface area contributed by atoms with Crippen LogP contribution in [0.3, 0.4) is 0 Å². The van der Waals surface area contributed by atoms with Gasteiger partial charge in [-0.1, -0.05) is 12.1 Å². The van der Waals surface area contributed by atoms with Crippen LogP contribution < -0.4 is 0 Å². The average molecular weight is 317 g/mol. The topological polar surface area (TPSA) is 64.8 Å². The van der Waals surface area contributed by atoms with Crippen molar-refractivity contribution in [1.82, 2.24) is 4.90 Å². The summed E-state index contributed by atoms with van der Waals surface area (Å²) in [5, 5.41) is 10.4. The molecular formula is C14H21ClN2O4. The summed E-state index contributed by atoms with van der Waals surface area (Å²) >= 11 is 6.40. The Morgan fingerprint density at radius 2 is 1.71 bits per heavy atom. The standard InChI is InChI=1S/C14H21ClN2O4/c1-20-9-7-16(8-10-21-2)11-14(15)12-3-5-13(6-4-12)17(18)19/h3-6,14H,7-11H2,1-2H3. The number of alkyl halides is 1. The monoisotopic (exact) mass is 316 g/mol. The molecule has 7 heteroatoms. The van der Waals surface area contributed by atoms with Crippen LogP contribution in [0.15, 0.2) is 24.3 Å². The lowest BCUT2D eigenvalue weighted by atomic mass is 10.1. The molecule has 0 aliphatic heterocycles. The number of non-ortho nitro benzene ring substituents is 1. The number of halogens is 1. The molecule has 1 rings (SSSR count). The van der Waals surface area contributed by atoms with Crippen molar-refractivity contribution in [2.24, 2.45) is 0 Å². The third-order valence-corrected chi connectivity index (χ3v) is 3.50. The lowest BCUT2D eigenvalue weighted by Gasteiger charge is -2.24. The second-order valence-corrected chi connectivity index (χ2v) is 5.13. The largest absolute Gasteiger partial charge is 0.383 e. The highest BCUT2D eigenvalue weighted by molar-refractivity contribution is 6.21. The molecule has 6 nitrogen and oxygen atoms in total. The Hall–Kier alpha value is -1.21. The van der Waals surface area contributed by atoms with Gasteiger partial charge in [-0.3, -0.25) is 15.0 Å². The summed E-state index contributed by atoms with van der Waals surface area (Å²) in [5.41, 5.74) is 0.931. The van der Waals surface area contributed by atoms with E-state index in [1.165, 1.54) is 12.1 Å². The van der Waals surface area contributed by atoms with Gasteiger partial charge in [0.1, 0.15) is 0 Å². The SMILES string of the molecule is COCCN(CCOC)CC(Cl)c1ccc([N+](=O)[O-])cc1. The van der Waals surface area contributed by atoms with E-state index in [-0.39, 0.29) is 11.1 Å². The molecule has 0 aliphatic carbocycles. The van der Waals surface area contributed by atoms with Gasteiger partial charge in [0.05, 0.1) is 23.5 Å². The number of methoxy groups -OCH3 is 2. The zero-order valence-corrected chi connectivity index (χ0v) is 13.1. The van der Waals surface area contributed by atoms with Gasteiger partial charge < -0.3 is 9.47 Å². The molecular weight excluding hydrogens is 296 g/mol. The van der Waals surface area contributed by atoms with Crippen LogP contribution in [0.5, 0.6) is 0 Å². The molecule has 0 spiro atoms.